The van der Waals surface area contributed by atoms with Crippen LogP contribution < -0.4 is 0 Å². The SMILES string of the molecule is Cc1cc(C(=O)CN2CCN(C(=O)Cc3ccc(F)cc3)CC2)c(C)n1C1CC1. The van der Waals surface area contributed by atoms with Crippen LogP contribution in [0.3, 0.4) is 0 Å². The Balaban J connectivity index is 1.29. The molecule has 2 fully saturated rings. The Labute approximate surface area is 171 Å². The van der Waals surface area contributed by atoms with Gasteiger partial charge in [0.25, 0.3) is 0 Å². The third kappa shape index (κ3) is 4.42. The summed E-state index contributed by atoms with van der Waals surface area (Å²) in [4.78, 5) is 29.3. The molecule has 0 N–H and O–H groups in total. The van der Waals surface area contributed by atoms with Gasteiger partial charge >= 0.3 is 0 Å². The van der Waals surface area contributed by atoms with Crippen molar-refractivity contribution in [1.82, 2.24) is 14.4 Å². The van der Waals surface area contributed by atoms with Crippen molar-refractivity contribution in [2.45, 2.75) is 39.2 Å². The summed E-state index contributed by atoms with van der Waals surface area (Å²) in [5, 5.41) is 0. The average Bonchev–Trinajstić information content (AvgIpc) is 3.48. The number of rotatable bonds is 6. The molecule has 29 heavy (non-hydrogen) atoms. The second-order valence-electron chi connectivity index (χ2n) is 8.27. The van der Waals surface area contributed by atoms with Gasteiger partial charge in [-0.1, -0.05) is 12.1 Å². The van der Waals surface area contributed by atoms with E-state index in [9.17, 15) is 14.0 Å². The predicted octanol–water partition coefficient (Wildman–Crippen LogP) is 3.15. The van der Waals surface area contributed by atoms with Gasteiger partial charge in [0, 0.05) is 49.2 Å². The number of carbonyl (C=O) groups is 2. The molecule has 4 rings (SSSR count). The lowest BCUT2D eigenvalue weighted by atomic mass is 10.1. The summed E-state index contributed by atoms with van der Waals surface area (Å²) in [5.41, 5.74) is 3.91. The van der Waals surface area contributed by atoms with E-state index >= 15 is 0 Å². The number of ketones is 1. The number of nitrogens with zero attached hydrogens (tertiary/aromatic N) is 3. The van der Waals surface area contributed by atoms with Gasteiger partial charge in [0.1, 0.15) is 5.82 Å². The van der Waals surface area contributed by atoms with E-state index in [2.05, 4.69) is 16.4 Å². The molecule has 1 aromatic heterocycles. The first-order chi connectivity index (χ1) is 13.9. The van der Waals surface area contributed by atoms with Crippen LogP contribution in [0.25, 0.3) is 0 Å². The van der Waals surface area contributed by atoms with E-state index < -0.39 is 0 Å². The fourth-order valence-electron chi connectivity index (χ4n) is 4.29. The first-order valence-electron chi connectivity index (χ1n) is 10.4. The third-order valence-corrected chi connectivity index (χ3v) is 6.06. The number of Topliss-reactive ketones (excluding diaryl/α,β-unsaturated/α-hetero) is 1. The number of hydrogen-bond donors (Lipinski definition) is 0. The fraction of sp³-hybridized carbons (Fsp3) is 0.478. The van der Waals surface area contributed by atoms with Crippen LogP contribution in [-0.2, 0) is 11.2 Å². The quantitative estimate of drug-likeness (QED) is 0.704. The van der Waals surface area contributed by atoms with Crippen LogP contribution in [0.4, 0.5) is 4.39 Å². The number of hydrogen-bond acceptors (Lipinski definition) is 3. The molecule has 154 valence electrons. The second kappa shape index (κ2) is 8.11. The highest BCUT2D eigenvalue weighted by molar-refractivity contribution is 5.99. The molecule has 0 atom stereocenters. The Morgan fingerprint density at radius 1 is 1.03 bits per heavy atom. The van der Waals surface area contributed by atoms with Crippen molar-refractivity contribution in [3.8, 4) is 0 Å². The standard InChI is InChI=1S/C23H28FN3O2/c1-16-13-21(17(2)27(16)20-7-8-20)22(28)15-25-9-11-26(12-10-25)23(29)14-18-3-5-19(24)6-4-18/h3-6,13,20H,7-12,14-15H2,1-2H3. The van der Waals surface area contributed by atoms with Gasteiger partial charge in [0.15, 0.2) is 5.78 Å². The monoisotopic (exact) mass is 397 g/mol. The highest BCUT2D eigenvalue weighted by Gasteiger charge is 2.29. The molecule has 2 aliphatic rings. The van der Waals surface area contributed by atoms with Crippen molar-refractivity contribution >= 4 is 11.7 Å². The molecule has 2 aromatic rings. The molecule has 0 bridgehead atoms. The highest BCUT2D eigenvalue weighted by atomic mass is 19.1. The van der Waals surface area contributed by atoms with E-state index in [1.54, 1.807) is 12.1 Å². The van der Waals surface area contributed by atoms with Gasteiger partial charge in [-0.2, -0.15) is 0 Å². The predicted molar refractivity (Wildman–Crippen MR) is 110 cm³/mol. The van der Waals surface area contributed by atoms with Crippen molar-refractivity contribution < 1.29 is 14.0 Å². The van der Waals surface area contributed by atoms with Crippen LogP contribution in [0.2, 0.25) is 0 Å². The first-order valence-corrected chi connectivity index (χ1v) is 10.4. The smallest absolute Gasteiger partial charge is 0.227 e. The van der Waals surface area contributed by atoms with E-state index in [1.165, 1.54) is 30.7 Å². The molecule has 1 saturated heterocycles. The number of carbonyl (C=O) groups excluding carboxylic acids is 2. The highest BCUT2D eigenvalue weighted by Crippen LogP contribution is 2.38. The largest absolute Gasteiger partial charge is 0.345 e. The summed E-state index contributed by atoms with van der Waals surface area (Å²) in [6.07, 6.45) is 2.70. The summed E-state index contributed by atoms with van der Waals surface area (Å²) in [5.74, 6) is -0.0796. The molecule has 0 radical (unpaired) electrons. The Morgan fingerprint density at radius 3 is 2.31 bits per heavy atom. The summed E-state index contributed by atoms with van der Waals surface area (Å²) in [7, 11) is 0. The van der Waals surface area contributed by atoms with Gasteiger partial charge in [0.2, 0.25) is 5.91 Å². The van der Waals surface area contributed by atoms with Crippen LogP contribution in [-0.4, -0.2) is 58.8 Å². The molecule has 1 aliphatic heterocycles. The van der Waals surface area contributed by atoms with E-state index in [0.717, 1.165) is 16.8 Å². The maximum absolute atomic E-state index is 13.0. The topological polar surface area (TPSA) is 45.6 Å². The maximum atomic E-state index is 13.0. The van der Waals surface area contributed by atoms with Crippen molar-refractivity contribution in [2.75, 3.05) is 32.7 Å². The first kappa shape index (κ1) is 19.8. The molecule has 2 heterocycles. The lowest BCUT2D eigenvalue weighted by Gasteiger charge is -2.34. The number of aryl methyl sites for hydroxylation is 1. The zero-order valence-electron chi connectivity index (χ0n) is 17.2. The number of aromatic nitrogens is 1. The molecule has 0 spiro atoms. The molecule has 1 saturated carbocycles. The molecule has 0 unspecified atom stereocenters. The van der Waals surface area contributed by atoms with E-state index in [0.29, 0.717) is 38.8 Å². The van der Waals surface area contributed by atoms with E-state index in [-0.39, 0.29) is 23.9 Å². The van der Waals surface area contributed by atoms with E-state index in [4.69, 9.17) is 0 Å². The number of piperazine rings is 1. The van der Waals surface area contributed by atoms with Gasteiger partial charge in [0.05, 0.1) is 13.0 Å². The number of benzene rings is 1. The summed E-state index contributed by atoms with van der Waals surface area (Å²) >= 11 is 0. The molecular formula is C23H28FN3O2. The molecule has 5 nitrogen and oxygen atoms in total. The van der Waals surface area contributed by atoms with Gasteiger partial charge < -0.3 is 9.47 Å². The minimum absolute atomic E-state index is 0.0514. The van der Waals surface area contributed by atoms with Gasteiger partial charge in [-0.05, 0) is 50.5 Å². The van der Waals surface area contributed by atoms with E-state index in [1.807, 2.05) is 17.9 Å². The Kier molecular flexibility index (Phi) is 5.54. The van der Waals surface area contributed by atoms with Crippen LogP contribution in [0.5, 0.6) is 0 Å². The second-order valence-corrected chi connectivity index (χ2v) is 8.27. The van der Waals surface area contributed by atoms with Crippen molar-refractivity contribution in [1.29, 1.82) is 0 Å². The summed E-state index contributed by atoms with van der Waals surface area (Å²) in [6, 6.07) is 8.67. The Morgan fingerprint density at radius 2 is 1.69 bits per heavy atom. The summed E-state index contributed by atoms with van der Waals surface area (Å²) < 4.78 is 15.3. The normalized spacial score (nSPS) is 17.6. The van der Waals surface area contributed by atoms with Gasteiger partial charge in [-0.3, -0.25) is 14.5 Å². The lowest BCUT2D eigenvalue weighted by Crippen LogP contribution is -2.50. The third-order valence-electron chi connectivity index (χ3n) is 6.06. The van der Waals surface area contributed by atoms with Crippen LogP contribution >= 0.6 is 0 Å². The average molecular weight is 397 g/mol. The molecular weight excluding hydrogens is 369 g/mol. The Bertz CT molecular complexity index is 907. The Hall–Kier alpha value is -2.47. The molecule has 6 heteroatoms. The fourth-order valence-corrected chi connectivity index (χ4v) is 4.29. The lowest BCUT2D eigenvalue weighted by molar-refractivity contribution is -0.132. The van der Waals surface area contributed by atoms with Gasteiger partial charge in [-0.25, -0.2) is 4.39 Å². The van der Waals surface area contributed by atoms with Gasteiger partial charge in [-0.15, -0.1) is 0 Å². The minimum Gasteiger partial charge on any atom is -0.345 e. The molecule has 1 aromatic carbocycles. The van der Waals surface area contributed by atoms with Crippen molar-refractivity contribution in [2.24, 2.45) is 0 Å². The van der Waals surface area contributed by atoms with Crippen molar-refractivity contribution in [3.63, 3.8) is 0 Å². The zero-order valence-corrected chi connectivity index (χ0v) is 17.2. The summed E-state index contributed by atoms with van der Waals surface area (Å²) in [6.45, 7) is 7.15. The van der Waals surface area contributed by atoms with Crippen LogP contribution in [0, 0.1) is 19.7 Å². The molecule has 1 amide bonds. The van der Waals surface area contributed by atoms with Crippen molar-refractivity contribution in [3.05, 3.63) is 58.7 Å². The number of amides is 1. The number of halogens is 1. The van der Waals surface area contributed by atoms with Crippen LogP contribution in [0.1, 0.15) is 46.2 Å². The maximum Gasteiger partial charge on any atom is 0.227 e. The minimum atomic E-state index is -0.294. The van der Waals surface area contributed by atoms with Crippen LogP contribution in [0.15, 0.2) is 30.3 Å². The zero-order chi connectivity index (χ0) is 20.5. The molecule has 1 aliphatic carbocycles.